The van der Waals surface area contributed by atoms with Gasteiger partial charge >= 0.3 is 5.69 Å². The van der Waals surface area contributed by atoms with Crippen molar-refractivity contribution in [3.8, 4) is 11.5 Å². The molecule has 0 aromatic heterocycles. The fraction of sp³-hybridized carbons (Fsp3) is 0.200. The predicted octanol–water partition coefficient (Wildman–Crippen LogP) is 3.72. The van der Waals surface area contributed by atoms with E-state index in [9.17, 15) is 10.1 Å². The van der Waals surface area contributed by atoms with Crippen molar-refractivity contribution in [3.63, 3.8) is 0 Å². The Kier molecular flexibility index (Phi) is 4.00. The summed E-state index contributed by atoms with van der Waals surface area (Å²) >= 11 is 0. The van der Waals surface area contributed by atoms with Crippen LogP contribution in [0.2, 0.25) is 0 Å². The molecule has 5 nitrogen and oxygen atoms in total. The fourth-order valence-electron chi connectivity index (χ4n) is 1.82. The molecule has 0 aliphatic rings. The number of nitrogens with zero attached hydrogens (tertiary/aromatic N) is 1. The molecule has 0 heterocycles. The van der Waals surface area contributed by atoms with E-state index in [-0.39, 0.29) is 17.5 Å². The minimum atomic E-state index is -0.453. The summed E-state index contributed by atoms with van der Waals surface area (Å²) in [6.07, 6.45) is 0. The van der Waals surface area contributed by atoms with Gasteiger partial charge in [0.05, 0.1) is 4.92 Å². The zero-order valence-electron chi connectivity index (χ0n) is 11.4. The van der Waals surface area contributed by atoms with Gasteiger partial charge < -0.3 is 10.5 Å². The van der Waals surface area contributed by atoms with Crippen LogP contribution < -0.4 is 10.5 Å². The Labute approximate surface area is 117 Å². The van der Waals surface area contributed by atoms with E-state index in [1.54, 1.807) is 24.3 Å². The van der Waals surface area contributed by atoms with Gasteiger partial charge in [-0.2, -0.15) is 0 Å². The van der Waals surface area contributed by atoms with Gasteiger partial charge in [0.2, 0.25) is 5.75 Å². The van der Waals surface area contributed by atoms with Crippen molar-refractivity contribution in [2.75, 3.05) is 0 Å². The number of benzene rings is 2. The molecule has 0 aliphatic heterocycles. The molecule has 0 saturated heterocycles. The smallest absolute Gasteiger partial charge is 0.311 e. The molecular weight excluding hydrogens is 256 g/mol. The highest BCUT2D eigenvalue weighted by molar-refractivity contribution is 5.50. The van der Waals surface area contributed by atoms with E-state index >= 15 is 0 Å². The lowest BCUT2D eigenvalue weighted by atomic mass is 10.1. The van der Waals surface area contributed by atoms with Crippen LogP contribution in [0, 0.1) is 17.0 Å². The van der Waals surface area contributed by atoms with E-state index in [1.165, 1.54) is 6.07 Å². The highest BCUT2D eigenvalue weighted by atomic mass is 16.6. The molecule has 0 spiro atoms. The van der Waals surface area contributed by atoms with Gasteiger partial charge in [0, 0.05) is 12.1 Å². The molecule has 2 N–H and O–H groups in total. The van der Waals surface area contributed by atoms with Crippen LogP contribution in [-0.2, 0) is 0 Å². The Morgan fingerprint density at radius 1 is 1.20 bits per heavy atom. The lowest BCUT2D eigenvalue weighted by Gasteiger charge is -2.09. The number of aryl methyl sites for hydroxylation is 1. The number of rotatable bonds is 4. The molecule has 0 radical (unpaired) electrons. The van der Waals surface area contributed by atoms with Gasteiger partial charge in [-0.05, 0) is 43.2 Å². The molecule has 0 amide bonds. The molecule has 0 fully saturated rings. The van der Waals surface area contributed by atoms with E-state index in [2.05, 4.69) is 0 Å². The van der Waals surface area contributed by atoms with Crippen LogP contribution in [0.5, 0.6) is 11.5 Å². The van der Waals surface area contributed by atoms with Crippen LogP contribution >= 0.6 is 0 Å². The maximum Gasteiger partial charge on any atom is 0.311 e. The summed E-state index contributed by atoms with van der Waals surface area (Å²) in [6.45, 7) is 3.75. The lowest BCUT2D eigenvalue weighted by Crippen LogP contribution is -2.04. The Hall–Kier alpha value is -2.40. The van der Waals surface area contributed by atoms with Crippen molar-refractivity contribution >= 4 is 5.69 Å². The van der Waals surface area contributed by atoms with Gasteiger partial charge in [-0.15, -0.1) is 0 Å². The molecule has 2 aromatic carbocycles. The van der Waals surface area contributed by atoms with E-state index in [1.807, 2.05) is 26.0 Å². The second-order valence-corrected chi connectivity index (χ2v) is 4.69. The Morgan fingerprint density at radius 2 is 1.85 bits per heavy atom. The topological polar surface area (TPSA) is 78.4 Å². The first-order valence-corrected chi connectivity index (χ1v) is 6.26. The van der Waals surface area contributed by atoms with Crippen LogP contribution in [0.3, 0.4) is 0 Å². The normalized spacial score (nSPS) is 11.9. The zero-order chi connectivity index (χ0) is 14.7. The number of nitrogens with two attached hydrogens (primary N) is 1. The molecule has 1 atom stereocenters. The first kappa shape index (κ1) is 14.0. The van der Waals surface area contributed by atoms with Crippen molar-refractivity contribution in [3.05, 3.63) is 63.7 Å². The van der Waals surface area contributed by atoms with Crippen molar-refractivity contribution in [1.82, 2.24) is 0 Å². The second-order valence-electron chi connectivity index (χ2n) is 4.69. The van der Waals surface area contributed by atoms with Gasteiger partial charge in [0.15, 0.2) is 0 Å². The van der Waals surface area contributed by atoms with Crippen LogP contribution in [-0.4, -0.2) is 4.92 Å². The first-order chi connectivity index (χ1) is 9.47. The molecule has 2 rings (SSSR count). The summed E-state index contributed by atoms with van der Waals surface area (Å²) in [5.74, 6) is 0.784. The van der Waals surface area contributed by atoms with Gasteiger partial charge in [0.1, 0.15) is 5.75 Å². The van der Waals surface area contributed by atoms with Crippen molar-refractivity contribution < 1.29 is 9.66 Å². The summed E-state index contributed by atoms with van der Waals surface area (Å²) in [6, 6.07) is 11.9. The van der Waals surface area contributed by atoms with Crippen LogP contribution in [0.25, 0.3) is 0 Å². The van der Waals surface area contributed by atoms with Gasteiger partial charge in [-0.3, -0.25) is 10.1 Å². The standard InChI is InChI=1S/C15H16N2O3/c1-10-3-8-14(17(18)19)15(9-10)20-13-6-4-12(5-7-13)11(2)16/h3-9,11H,16H2,1-2H3. The lowest BCUT2D eigenvalue weighted by molar-refractivity contribution is -0.385. The first-order valence-electron chi connectivity index (χ1n) is 6.26. The third kappa shape index (κ3) is 3.13. The molecule has 2 aromatic rings. The van der Waals surface area contributed by atoms with Crippen molar-refractivity contribution in [1.29, 1.82) is 0 Å². The third-order valence-electron chi connectivity index (χ3n) is 2.95. The maximum absolute atomic E-state index is 11.0. The zero-order valence-corrected chi connectivity index (χ0v) is 11.4. The van der Waals surface area contributed by atoms with Crippen molar-refractivity contribution in [2.24, 2.45) is 5.73 Å². The van der Waals surface area contributed by atoms with E-state index < -0.39 is 4.92 Å². The Balaban J connectivity index is 2.29. The summed E-state index contributed by atoms with van der Waals surface area (Å²) in [5, 5.41) is 11.0. The summed E-state index contributed by atoms with van der Waals surface area (Å²) in [5.41, 5.74) is 7.60. The number of hydrogen-bond donors (Lipinski definition) is 1. The number of ether oxygens (including phenoxy) is 1. The minimum absolute atomic E-state index is 0.0492. The third-order valence-corrected chi connectivity index (χ3v) is 2.95. The van der Waals surface area contributed by atoms with E-state index in [0.717, 1.165) is 11.1 Å². The maximum atomic E-state index is 11.0. The van der Waals surface area contributed by atoms with Gasteiger partial charge in [0.25, 0.3) is 0 Å². The second kappa shape index (κ2) is 5.71. The van der Waals surface area contributed by atoms with Crippen LogP contribution in [0.15, 0.2) is 42.5 Å². The fourth-order valence-corrected chi connectivity index (χ4v) is 1.82. The highest BCUT2D eigenvalue weighted by Gasteiger charge is 2.15. The molecular formula is C15H16N2O3. The number of hydrogen-bond acceptors (Lipinski definition) is 4. The van der Waals surface area contributed by atoms with Gasteiger partial charge in [-0.1, -0.05) is 18.2 Å². The molecule has 0 bridgehead atoms. The van der Waals surface area contributed by atoms with E-state index in [0.29, 0.717) is 5.75 Å². The highest BCUT2D eigenvalue weighted by Crippen LogP contribution is 2.32. The van der Waals surface area contributed by atoms with E-state index in [4.69, 9.17) is 10.5 Å². The average Bonchev–Trinajstić information content (AvgIpc) is 2.39. The minimum Gasteiger partial charge on any atom is -0.450 e. The average molecular weight is 272 g/mol. The molecule has 104 valence electrons. The summed E-state index contributed by atoms with van der Waals surface area (Å²) in [7, 11) is 0. The molecule has 0 saturated carbocycles. The number of nitro benzene ring substituents is 1. The van der Waals surface area contributed by atoms with Crippen LogP contribution in [0.1, 0.15) is 24.1 Å². The predicted molar refractivity (Wildman–Crippen MR) is 77.0 cm³/mol. The monoisotopic (exact) mass is 272 g/mol. The van der Waals surface area contributed by atoms with Crippen LogP contribution in [0.4, 0.5) is 5.69 Å². The summed E-state index contributed by atoms with van der Waals surface area (Å²) in [4.78, 5) is 10.5. The number of nitro groups is 1. The molecule has 1 unspecified atom stereocenters. The quantitative estimate of drug-likeness (QED) is 0.679. The Bertz CT molecular complexity index is 622. The SMILES string of the molecule is Cc1ccc([N+](=O)[O-])c(Oc2ccc(C(C)N)cc2)c1. The molecule has 0 aliphatic carbocycles. The Morgan fingerprint density at radius 3 is 2.40 bits per heavy atom. The molecule has 5 heteroatoms. The van der Waals surface area contributed by atoms with Crippen molar-refractivity contribution in [2.45, 2.75) is 19.9 Å². The largest absolute Gasteiger partial charge is 0.450 e. The van der Waals surface area contributed by atoms with Gasteiger partial charge in [-0.25, -0.2) is 0 Å². The summed E-state index contributed by atoms with van der Waals surface area (Å²) < 4.78 is 5.60. The molecule has 20 heavy (non-hydrogen) atoms.